The molecule has 1 aromatic carbocycles. The molecule has 1 aliphatic rings. The maximum atomic E-state index is 13.0. The van der Waals surface area contributed by atoms with E-state index in [4.69, 9.17) is 4.74 Å². The Morgan fingerprint density at radius 1 is 1.29 bits per heavy atom. The molecule has 0 aliphatic carbocycles. The molecule has 0 unspecified atom stereocenters. The fourth-order valence-corrected chi connectivity index (χ4v) is 4.58. The molecule has 0 N–H and O–H groups in total. The van der Waals surface area contributed by atoms with Crippen LogP contribution in [-0.4, -0.2) is 42.0 Å². The van der Waals surface area contributed by atoms with Gasteiger partial charge in [0.2, 0.25) is 10.0 Å². The standard InChI is InChI=1S/C17H23N3O3S/c1-4-23-11-14-9-20(10-16-17(14)19(3)12-18-16)24(21,22)15-7-5-13(2)6-8-15/h5-8,12,14H,4,9-11H2,1-3H3/t14-/m1/s1. The number of nitrogens with zero attached hydrogens (tertiary/aromatic N) is 3. The number of aromatic nitrogens is 2. The van der Waals surface area contributed by atoms with Crippen molar-refractivity contribution in [2.75, 3.05) is 19.8 Å². The maximum absolute atomic E-state index is 13.0. The van der Waals surface area contributed by atoms with Crippen molar-refractivity contribution in [2.45, 2.75) is 31.2 Å². The van der Waals surface area contributed by atoms with Gasteiger partial charge in [0, 0.05) is 31.8 Å². The first-order valence-electron chi connectivity index (χ1n) is 8.08. The molecule has 0 radical (unpaired) electrons. The largest absolute Gasteiger partial charge is 0.381 e. The summed E-state index contributed by atoms with van der Waals surface area (Å²) in [5.74, 6) is -0.0126. The fraction of sp³-hybridized carbons (Fsp3) is 0.471. The lowest BCUT2D eigenvalue weighted by Crippen LogP contribution is -2.40. The second-order valence-corrected chi connectivity index (χ2v) is 8.09. The number of ether oxygens (including phenoxy) is 1. The molecule has 2 heterocycles. The van der Waals surface area contributed by atoms with E-state index in [0.717, 1.165) is 17.0 Å². The van der Waals surface area contributed by atoms with E-state index in [9.17, 15) is 8.42 Å². The molecule has 3 rings (SSSR count). The highest BCUT2D eigenvalue weighted by Crippen LogP contribution is 2.31. The van der Waals surface area contributed by atoms with E-state index in [-0.39, 0.29) is 5.92 Å². The summed E-state index contributed by atoms with van der Waals surface area (Å²) in [4.78, 5) is 4.71. The van der Waals surface area contributed by atoms with Gasteiger partial charge in [-0.05, 0) is 26.0 Å². The van der Waals surface area contributed by atoms with Crippen LogP contribution < -0.4 is 0 Å². The highest BCUT2D eigenvalue weighted by atomic mass is 32.2. The molecule has 0 amide bonds. The van der Waals surface area contributed by atoms with Gasteiger partial charge in [-0.25, -0.2) is 13.4 Å². The smallest absolute Gasteiger partial charge is 0.243 e. The maximum Gasteiger partial charge on any atom is 0.243 e. The molecule has 2 aromatic rings. The minimum Gasteiger partial charge on any atom is -0.381 e. The SMILES string of the molecule is CCOC[C@H]1CN(S(=O)(=O)c2ccc(C)cc2)Cc2ncn(C)c21. The van der Waals surface area contributed by atoms with Gasteiger partial charge in [0.25, 0.3) is 0 Å². The first kappa shape index (κ1) is 17.1. The lowest BCUT2D eigenvalue weighted by atomic mass is 10.0. The molecule has 0 fully saturated rings. The van der Waals surface area contributed by atoms with E-state index in [0.29, 0.717) is 31.2 Å². The summed E-state index contributed by atoms with van der Waals surface area (Å²) in [5.41, 5.74) is 2.91. The average molecular weight is 349 g/mol. The molecule has 1 aliphatic heterocycles. The predicted octanol–water partition coefficient (Wildman–Crippen LogP) is 2.05. The van der Waals surface area contributed by atoms with Crippen LogP contribution in [0, 0.1) is 6.92 Å². The van der Waals surface area contributed by atoms with Crippen LogP contribution in [0.4, 0.5) is 0 Å². The fourth-order valence-electron chi connectivity index (χ4n) is 3.13. The number of fused-ring (bicyclic) bond motifs is 1. The number of benzene rings is 1. The van der Waals surface area contributed by atoms with Crippen molar-refractivity contribution < 1.29 is 13.2 Å². The van der Waals surface area contributed by atoms with Crippen molar-refractivity contribution in [3.05, 3.63) is 47.5 Å². The molecule has 1 atom stereocenters. The zero-order valence-corrected chi connectivity index (χ0v) is 15.1. The van der Waals surface area contributed by atoms with Crippen molar-refractivity contribution >= 4 is 10.0 Å². The second-order valence-electron chi connectivity index (χ2n) is 6.15. The van der Waals surface area contributed by atoms with Crippen molar-refractivity contribution in [2.24, 2.45) is 7.05 Å². The summed E-state index contributed by atoms with van der Waals surface area (Å²) in [7, 11) is -1.60. The number of hydrogen-bond donors (Lipinski definition) is 0. The van der Waals surface area contributed by atoms with E-state index in [2.05, 4.69) is 4.98 Å². The first-order chi connectivity index (χ1) is 11.4. The molecule has 24 heavy (non-hydrogen) atoms. The normalized spacial score (nSPS) is 18.5. The van der Waals surface area contributed by atoms with Gasteiger partial charge in [-0.2, -0.15) is 4.31 Å². The van der Waals surface area contributed by atoms with Gasteiger partial charge in [0.1, 0.15) is 0 Å². The van der Waals surface area contributed by atoms with Crippen molar-refractivity contribution in [3.8, 4) is 0 Å². The van der Waals surface area contributed by atoms with Gasteiger partial charge in [-0.1, -0.05) is 17.7 Å². The zero-order chi connectivity index (χ0) is 17.3. The Labute approximate surface area is 143 Å². The van der Waals surface area contributed by atoms with Gasteiger partial charge in [0.05, 0.1) is 30.1 Å². The molecular formula is C17H23N3O3S. The molecule has 130 valence electrons. The van der Waals surface area contributed by atoms with Crippen molar-refractivity contribution in [1.82, 2.24) is 13.9 Å². The highest BCUT2D eigenvalue weighted by molar-refractivity contribution is 7.89. The molecule has 0 spiro atoms. The van der Waals surface area contributed by atoms with Crippen LogP contribution >= 0.6 is 0 Å². The third-order valence-corrected chi connectivity index (χ3v) is 6.21. The number of sulfonamides is 1. The molecule has 7 heteroatoms. The van der Waals surface area contributed by atoms with E-state index in [1.54, 1.807) is 18.5 Å². The topological polar surface area (TPSA) is 64.4 Å². The summed E-state index contributed by atoms with van der Waals surface area (Å²) in [6, 6.07) is 6.97. The third kappa shape index (κ3) is 3.11. The molecular weight excluding hydrogens is 326 g/mol. The number of imidazole rings is 1. The van der Waals surface area contributed by atoms with Gasteiger partial charge < -0.3 is 9.30 Å². The quantitative estimate of drug-likeness (QED) is 0.829. The summed E-state index contributed by atoms with van der Waals surface area (Å²) >= 11 is 0. The predicted molar refractivity (Wildman–Crippen MR) is 91.2 cm³/mol. The van der Waals surface area contributed by atoms with Crippen molar-refractivity contribution in [1.29, 1.82) is 0 Å². The second kappa shape index (κ2) is 6.66. The first-order valence-corrected chi connectivity index (χ1v) is 9.52. The molecule has 0 saturated heterocycles. The van der Waals surface area contributed by atoms with Gasteiger partial charge >= 0.3 is 0 Å². The Morgan fingerprint density at radius 3 is 2.67 bits per heavy atom. The monoisotopic (exact) mass is 349 g/mol. The van der Waals surface area contributed by atoms with E-state index in [1.165, 1.54) is 4.31 Å². The van der Waals surface area contributed by atoms with Crippen LogP contribution in [0.5, 0.6) is 0 Å². The lowest BCUT2D eigenvalue weighted by Gasteiger charge is -2.32. The Bertz CT molecular complexity index is 812. The number of hydrogen-bond acceptors (Lipinski definition) is 4. The highest BCUT2D eigenvalue weighted by Gasteiger charge is 2.35. The Kier molecular flexibility index (Phi) is 4.76. The van der Waals surface area contributed by atoms with Crippen LogP contribution in [0.1, 0.15) is 29.8 Å². The molecule has 1 aromatic heterocycles. The minimum absolute atomic E-state index is 0.0126. The summed E-state index contributed by atoms with van der Waals surface area (Å²) in [5, 5.41) is 0. The summed E-state index contributed by atoms with van der Waals surface area (Å²) in [6.45, 7) is 5.68. The van der Waals surface area contributed by atoms with Gasteiger partial charge in [-0.3, -0.25) is 0 Å². The van der Waals surface area contributed by atoms with Crippen LogP contribution in [0.3, 0.4) is 0 Å². The lowest BCUT2D eigenvalue weighted by molar-refractivity contribution is 0.119. The number of rotatable bonds is 5. The minimum atomic E-state index is -3.54. The van der Waals surface area contributed by atoms with Crippen LogP contribution in [-0.2, 0) is 28.4 Å². The summed E-state index contributed by atoms with van der Waals surface area (Å²) in [6.07, 6.45) is 1.74. The molecule has 6 nitrogen and oxygen atoms in total. The van der Waals surface area contributed by atoms with Crippen LogP contribution in [0.2, 0.25) is 0 Å². The third-order valence-electron chi connectivity index (χ3n) is 4.38. The number of aryl methyl sites for hydroxylation is 2. The Balaban J connectivity index is 1.93. The van der Waals surface area contributed by atoms with Crippen LogP contribution in [0.15, 0.2) is 35.5 Å². The Morgan fingerprint density at radius 2 is 2.00 bits per heavy atom. The van der Waals surface area contributed by atoms with Gasteiger partial charge in [0.15, 0.2) is 0 Å². The molecule has 0 saturated carbocycles. The van der Waals surface area contributed by atoms with Gasteiger partial charge in [-0.15, -0.1) is 0 Å². The Hall–Kier alpha value is -1.70. The average Bonchev–Trinajstić information content (AvgIpc) is 2.94. The molecule has 0 bridgehead atoms. The van der Waals surface area contributed by atoms with E-state index in [1.807, 2.05) is 37.6 Å². The van der Waals surface area contributed by atoms with Crippen LogP contribution in [0.25, 0.3) is 0 Å². The van der Waals surface area contributed by atoms with Crippen molar-refractivity contribution in [3.63, 3.8) is 0 Å². The zero-order valence-electron chi connectivity index (χ0n) is 14.3. The van der Waals surface area contributed by atoms with E-state index >= 15 is 0 Å². The van der Waals surface area contributed by atoms with E-state index < -0.39 is 10.0 Å². The summed E-state index contributed by atoms with van der Waals surface area (Å²) < 4.78 is 35.0.